The lowest BCUT2D eigenvalue weighted by molar-refractivity contribution is -0.130. The number of benzene rings is 1. The van der Waals surface area contributed by atoms with Crippen LogP contribution in [0.1, 0.15) is 32.6 Å². The quantitative estimate of drug-likeness (QED) is 0.640. The zero-order valence-corrected chi connectivity index (χ0v) is 18.2. The zero-order chi connectivity index (χ0) is 20.9. The molecule has 6 heteroatoms. The molecule has 1 aromatic carbocycles. The number of amides is 1. The number of sulfone groups is 1. The molecule has 2 aliphatic rings. The van der Waals surface area contributed by atoms with Crippen molar-refractivity contribution in [2.45, 2.75) is 37.5 Å². The minimum atomic E-state index is -3.37. The Labute approximate surface area is 175 Å². The molecule has 1 atom stereocenters. The van der Waals surface area contributed by atoms with E-state index in [0.717, 1.165) is 38.9 Å². The van der Waals surface area contributed by atoms with Gasteiger partial charge in [0.15, 0.2) is 9.84 Å². The van der Waals surface area contributed by atoms with Gasteiger partial charge in [-0.05, 0) is 44.2 Å². The summed E-state index contributed by atoms with van der Waals surface area (Å²) in [7, 11) is -3.37. The molecular weight excluding hydrogens is 384 g/mol. The number of carbonyl (C=O) groups excluding carboxylic acids is 1. The zero-order valence-electron chi connectivity index (χ0n) is 17.3. The summed E-state index contributed by atoms with van der Waals surface area (Å²) in [4.78, 5) is 16.9. The monoisotopic (exact) mass is 416 g/mol. The van der Waals surface area contributed by atoms with E-state index < -0.39 is 9.84 Å². The molecule has 1 heterocycles. The molecule has 1 aliphatic heterocycles. The molecule has 1 saturated heterocycles. The first-order valence-electron chi connectivity index (χ1n) is 10.5. The van der Waals surface area contributed by atoms with Crippen molar-refractivity contribution in [3.63, 3.8) is 0 Å². The van der Waals surface area contributed by atoms with Gasteiger partial charge in [0.05, 0.1) is 10.6 Å². The number of hydrogen-bond donors (Lipinski definition) is 0. The molecule has 0 saturated carbocycles. The van der Waals surface area contributed by atoms with Gasteiger partial charge in [0.1, 0.15) is 0 Å². The summed E-state index contributed by atoms with van der Waals surface area (Å²) in [6, 6.07) is 8.46. The van der Waals surface area contributed by atoms with Crippen LogP contribution in [-0.4, -0.2) is 62.6 Å². The van der Waals surface area contributed by atoms with Crippen molar-refractivity contribution >= 4 is 15.7 Å². The van der Waals surface area contributed by atoms with Crippen molar-refractivity contribution in [3.05, 3.63) is 54.1 Å². The second-order valence-electron chi connectivity index (χ2n) is 8.22. The van der Waals surface area contributed by atoms with Gasteiger partial charge in [-0.3, -0.25) is 9.69 Å². The lowest BCUT2D eigenvalue weighted by Gasteiger charge is -2.27. The highest BCUT2D eigenvalue weighted by Crippen LogP contribution is 2.28. The van der Waals surface area contributed by atoms with Gasteiger partial charge < -0.3 is 4.90 Å². The average Bonchev–Trinajstić information content (AvgIpc) is 2.89. The molecule has 0 N–H and O–H groups in total. The van der Waals surface area contributed by atoms with E-state index in [1.54, 1.807) is 35.2 Å². The van der Waals surface area contributed by atoms with Crippen LogP contribution in [0.2, 0.25) is 0 Å². The Morgan fingerprint density at radius 3 is 2.55 bits per heavy atom. The first-order chi connectivity index (χ1) is 13.8. The normalized spacial score (nSPS) is 21.6. The van der Waals surface area contributed by atoms with Gasteiger partial charge in [0.2, 0.25) is 5.91 Å². The van der Waals surface area contributed by atoms with Crippen molar-refractivity contribution in [2.24, 2.45) is 5.92 Å². The van der Waals surface area contributed by atoms with Gasteiger partial charge in [-0.15, -0.1) is 0 Å². The van der Waals surface area contributed by atoms with E-state index in [-0.39, 0.29) is 18.2 Å². The van der Waals surface area contributed by atoms with E-state index in [9.17, 15) is 13.2 Å². The summed E-state index contributed by atoms with van der Waals surface area (Å²) in [5.74, 6) is 0.623. The summed E-state index contributed by atoms with van der Waals surface area (Å²) in [5.41, 5.74) is 2.72. The fraction of sp³-hybridized carbons (Fsp3) is 0.522. The van der Waals surface area contributed by atoms with Crippen LogP contribution in [0.15, 0.2) is 59.0 Å². The third-order valence-corrected chi connectivity index (χ3v) is 7.75. The third kappa shape index (κ3) is 6.03. The number of allylic oxidation sites excluding steroid dienone is 2. The molecule has 0 radical (unpaired) electrons. The van der Waals surface area contributed by atoms with E-state index in [0.29, 0.717) is 23.8 Å². The Hall–Kier alpha value is -1.92. The van der Waals surface area contributed by atoms with Crippen LogP contribution in [0, 0.1) is 5.92 Å². The SMILES string of the molecule is C=C(C)[C@@H]1CC=C(CN2CCC(=O)N(CCS(=O)(=O)c3ccccc3)CC2)CC1. The fourth-order valence-corrected chi connectivity index (χ4v) is 5.32. The highest BCUT2D eigenvalue weighted by molar-refractivity contribution is 7.91. The highest BCUT2D eigenvalue weighted by atomic mass is 32.2. The van der Waals surface area contributed by atoms with E-state index in [1.165, 1.54) is 11.1 Å². The lowest BCUT2D eigenvalue weighted by Crippen LogP contribution is -2.37. The lowest BCUT2D eigenvalue weighted by atomic mass is 9.85. The minimum Gasteiger partial charge on any atom is -0.340 e. The highest BCUT2D eigenvalue weighted by Gasteiger charge is 2.24. The van der Waals surface area contributed by atoms with Crippen molar-refractivity contribution in [1.29, 1.82) is 0 Å². The van der Waals surface area contributed by atoms with Crippen LogP contribution in [0.4, 0.5) is 0 Å². The topological polar surface area (TPSA) is 57.7 Å². The molecule has 1 amide bonds. The van der Waals surface area contributed by atoms with E-state index in [1.807, 2.05) is 0 Å². The maximum absolute atomic E-state index is 12.5. The van der Waals surface area contributed by atoms with Crippen LogP contribution >= 0.6 is 0 Å². The largest absolute Gasteiger partial charge is 0.340 e. The molecule has 29 heavy (non-hydrogen) atoms. The summed E-state index contributed by atoms with van der Waals surface area (Å²) in [6.07, 6.45) is 6.13. The second-order valence-corrected chi connectivity index (χ2v) is 10.3. The van der Waals surface area contributed by atoms with Gasteiger partial charge in [-0.25, -0.2) is 8.42 Å². The minimum absolute atomic E-state index is 0.0315. The molecular formula is C23H32N2O3S. The number of hydrogen-bond acceptors (Lipinski definition) is 4. The third-order valence-electron chi connectivity index (χ3n) is 6.04. The Kier molecular flexibility index (Phi) is 7.30. The number of nitrogens with zero attached hydrogens (tertiary/aromatic N) is 2. The first kappa shape index (κ1) is 21.8. The van der Waals surface area contributed by atoms with Crippen LogP contribution < -0.4 is 0 Å². The molecule has 0 unspecified atom stereocenters. The summed E-state index contributed by atoms with van der Waals surface area (Å²) in [6.45, 7) is 9.47. The predicted molar refractivity (Wildman–Crippen MR) is 116 cm³/mol. The Bertz CT molecular complexity index is 861. The maximum Gasteiger partial charge on any atom is 0.223 e. The summed E-state index contributed by atoms with van der Waals surface area (Å²) < 4.78 is 25.0. The second kappa shape index (κ2) is 9.72. The van der Waals surface area contributed by atoms with Crippen LogP contribution in [0.25, 0.3) is 0 Å². The molecule has 3 rings (SSSR count). The van der Waals surface area contributed by atoms with E-state index >= 15 is 0 Å². The van der Waals surface area contributed by atoms with Gasteiger partial charge >= 0.3 is 0 Å². The van der Waals surface area contributed by atoms with Crippen LogP contribution in [0.3, 0.4) is 0 Å². The fourth-order valence-electron chi connectivity index (χ4n) is 4.05. The molecule has 5 nitrogen and oxygen atoms in total. The van der Waals surface area contributed by atoms with Crippen molar-refractivity contribution in [3.8, 4) is 0 Å². The molecule has 1 aromatic rings. The smallest absolute Gasteiger partial charge is 0.223 e. The van der Waals surface area contributed by atoms with E-state index in [2.05, 4.69) is 24.5 Å². The van der Waals surface area contributed by atoms with Crippen LogP contribution in [-0.2, 0) is 14.6 Å². The Balaban J connectivity index is 1.52. The van der Waals surface area contributed by atoms with Crippen molar-refractivity contribution in [1.82, 2.24) is 9.80 Å². The maximum atomic E-state index is 12.5. The molecule has 1 fully saturated rings. The molecule has 158 valence electrons. The average molecular weight is 417 g/mol. The number of carbonyl (C=O) groups is 1. The van der Waals surface area contributed by atoms with Gasteiger partial charge in [-0.2, -0.15) is 0 Å². The van der Waals surface area contributed by atoms with Crippen molar-refractivity contribution < 1.29 is 13.2 Å². The van der Waals surface area contributed by atoms with Gasteiger partial charge in [-0.1, -0.05) is 42.0 Å². The van der Waals surface area contributed by atoms with Gasteiger partial charge in [0.25, 0.3) is 0 Å². The molecule has 0 aromatic heterocycles. The number of rotatable bonds is 7. The first-order valence-corrected chi connectivity index (χ1v) is 12.1. The molecule has 0 bridgehead atoms. The van der Waals surface area contributed by atoms with Crippen molar-refractivity contribution in [2.75, 3.05) is 38.5 Å². The summed E-state index contributed by atoms with van der Waals surface area (Å²) in [5, 5.41) is 0. The Morgan fingerprint density at radius 2 is 1.90 bits per heavy atom. The Morgan fingerprint density at radius 1 is 1.14 bits per heavy atom. The standard InChI is InChI=1S/C23H32N2O3S/c1-19(2)21-10-8-20(9-11-21)18-24-13-12-23(26)25(15-14-24)16-17-29(27,28)22-6-4-3-5-7-22/h3-8,21H,1,9-18H2,2H3/t21-/m1/s1. The molecule has 0 spiro atoms. The predicted octanol–water partition coefficient (Wildman–Crippen LogP) is 3.30. The van der Waals surface area contributed by atoms with E-state index in [4.69, 9.17) is 0 Å². The summed E-state index contributed by atoms with van der Waals surface area (Å²) >= 11 is 0. The van der Waals surface area contributed by atoms with Crippen LogP contribution in [0.5, 0.6) is 0 Å². The van der Waals surface area contributed by atoms with Gasteiger partial charge in [0, 0.05) is 39.1 Å². The molecule has 1 aliphatic carbocycles.